The van der Waals surface area contributed by atoms with E-state index in [-0.39, 0.29) is 17.8 Å². The number of carbonyl (C=O) groups is 2. The molecule has 0 fully saturated rings. The summed E-state index contributed by atoms with van der Waals surface area (Å²) in [5.41, 5.74) is 2.95. The molecule has 0 radical (unpaired) electrons. The summed E-state index contributed by atoms with van der Waals surface area (Å²) >= 11 is 0. The van der Waals surface area contributed by atoms with Gasteiger partial charge in [0.25, 0.3) is 5.56 Å². The summed E-state index contributed by atoms with van der Waals surface area (Å²) in [6.07, 6.45) is 9.27. The number of terminal acetylenes is 1. The number of benzene rings is 2. The third-order valence-corrected chi connectivity index (χ3v) is 5.64. The minimum atomic E-state index is -0.781. The highest BCUT2D eigenvalue weighted by Crippen LogP contribution is 2.21. The number of nitrogens with zero attached hydrogens (tertiary/aromatic N) is 2. The average Bonchev–Trinajstić information content (AvgIpc) is 2.81. The zero-order chi connectivity index (χ0) is 24.5. The van der Waals surface area contributed by atoms with Crippen LogP contribution in [0.2, 0.25) is 0 Å². The van der Waals surface area contributed by atoms with E-state index < -0.39 is 5.97 Å². The summed E-state index contributed by atoms with van der Waals surface area (Å²) < 4.78 is 0. The van der Waals surface area contributed by atoms with Crippen LogP contribution in [-0.4, -0.2) is 33.4 Å². The molecule has 7 heteroatoms. The van der Waals surface area contributed by atoms with Gasteiger partial charge in [0, 0.05) is 30.6 Å². The second kappa shape index (κ2) is 11.8. The number of ketones is 1. The molecule has 0 bridgehead atoms. The quantitative estimate of drug-likeness (QED) is 0.235. The van der Waals surface area contributed by atoms with Gasteiger partial charge >= 0.3 is 5.97 Å². The summed E-state index contributed by atoms with van der Waals surface area (Å²) in [5.74, 6) is 2.54. The fourth-order valence-electron chi connectivity index (χ4n) is 3.89. The highest BCUT2D eigenvalue weighted by Gasteiger charge is 2.11. The number of aromatic nitrogens is 2. The molecule has 0 aliphatic heterocycles. The number of rotatable bonds is 12. The van der Waals surface area contributed by atoms with Gasteiger partial charge in [-0.25, -0.2) is 4.98 Å². The van der Waals surface area contributed by atoms with Crippen molar-refractivity contribution in [3.05, 3.63) is 69.8 Å². The van der Waals surface area contributed by atoms with E-state index in [2.05, 4.69) is 15.9 Å². The maximum Gasteiger partial charge on any atom is 0.303 e. The number of hydrogen-bond acceptors (Lipinski definition) is 5. The van der Waals surface area contributed by atoms with Crippen molar-refractivity contribution in [3.63, 3.8) is 0 Å². The lowest BCUT2D eigenvalue weighted by molar-refractivity contribution is -0.137. The predicted molar refractivity (Wildman–Crippen MR) is 133 cm³/mol. The average molecular weight is 460 g/mol. The van der Waals surface area contributed by atoms with Gasteiger partial charge in [0.2, 0.25) is 0 Å². The van der Waals surface area contributed by atoms with Crippen LogP contribution in [0.15, 0.2) is 47.3 Å². The van der Waals surface area contributed by atoms with Crippen molar-refractivity contribution < 1.29 is 14.7 Å². The second-order valence-corrected chi connectivity index (χ2v) is 8.34. The van der Waals surface area contributed by atoms with Crippen LogP contribution in [0.1, 0.15) is 60.3 Å². The minimum Gasteiger partial charge on any atom is -0.481 e. The van der Waals surface area contributed by atoms with Crippen molar-refractivity contribution in [1.82, 2.24) is 9.97 Å². The first-order valence-electron chi connectivity index (χ1n) is 11.4. The topological polar surface area (TPSA) is 103 Å². The standard InChI is InChI=1S/C27H29N3O4/c1-3-16-30(18-20-10-15-24-23(17-20)27(34)29-19(2)28-24)22-13-11-21(12-14-22)25(31)8-6-4-5-7-9-26(32)33/h1,10-15,17H,4-9,16,18H2,2H3,(H,32,33)(H,28,29,34). The fourth-order valence-corrected chi connectivity index (χ4v) is 3.89. The molecule has 1 heterocycles. The van der Waals surface area contributed by atoms with Gasteiger partial charge in [0.1, 0.15) is 5.82 Å². The normalized spacial score (nSPS) is 10.7. The predicted octanol–water partition coefficient (Wildman–Crippen LogP) is 4.48. The second-order valence-electron chi connectivity index (χ2n) is 8.34. The lowest BCUT2D eigenvalue weighted by Gasteiger charge is -2.23. The largest absolute Gasteiger partial charge is 0.481 e. The summed E-state index contributed by atoms with van der Waals surface area (Å²) in [5, 5.41) is 9.20. The van der Waals surface area contributed by atoms with Gasteiger partial charge in [0.05, 0.1) is 17.4 Å². The Morgan fingerprint density at radius 1 is 1.06 bits per heavy atom. The Balaban J connectivity index is 1.63. The highest BCUT2D eigenvalue weighted by atomic mass is 16.4. The van der Waals surface area contributed by atoms with Crippen molar-refractivity contribution in [1.29, 1.82) is 0 Å². The van der Waals surface area contributed by atoms with Crippen molar-refractivity contribution in [2.45, 2.75) is 52.0 Å². The number of anilines is 1. The number of fused-ring (bicyclic) bond motifs is 1. The van der Waals surface area contributed by atoms with Gasteiger partial charge in [-0.15, -0.1) is 6.42 Å². The van der Waals surface area contributed by atoms with E-state index in [1.165, 1.54) is 0 Å². The summed E-state index contributed by atoms with van der Waals surface area (Å²) in [6.45, 7) is 2.64. The van der Waals surface area contributed by atoms with Crippen LogP contribution < -0.4 is 10.5 Å². The number of nitrogens with one attached hydrogen (secondary N) is 1. The summed E-state index contributed by atoms with van der Waals surface area (Å²) in [6, 6.07) is 13.0. The molecule has 3 rings (SSSR count). The number of carbonyl (C=O) groups excluding carboxylic acids is 1. The molecule has 2 aromatic carbocycles. The molecule has 0 atom stereocenters. The molecule has 0 spiro atoms. The molecule has 0 unspecified atom stereocenters. The van der Waals surface area contributed by atoms with E-state index in [0.29, 0.717) is 48.2 Å². The Morgan fingerprint density at radius 3 is 2.44 bits per heavy atom. The van der Waals surface area contributed by atoms with Crippen molar-refractivity contribution in [3.8, 4) is 12.3 Å². The first kappa shape index (κ1) is 24.7. The lowest BCUT2D eigenvalue weighted by Crippen LogP contribution is -2.23. The van der Waals surface area contributed by atoms with Gasteiger partial charge in [-0.3, -0.25) is 14.4 Å². The molecular weight excluding hydrogens is 430 g/mol. The van der Waals surface area contributed by atoms with E-state index in [1.54, 1.807) is 6.92 Å². The van der Waals surface area contributed by atoms with Crippen molar-refractivity contribution >= 4 is 28.3 Å². The van der Waals surface area contributed by atoms with Gasteiger partial charge in [0.15, 0.2) is 5.78 Å². The number of unbranched alkanes of at least 4 members (excludes halogenated alkanes) is 3. The first-order valence-corrected chi connectivity index (χ1v) is 11.4. The van der Waals surface area contributed by atoms with Crippen LogP contribution in [0, 0.1) is 19.3 Å². The zero-order valence-corrected chi connectivity index (χ0v) is 19.3. The van der Waals surface area contributed by atoms with Crippen LogP contribution >= 0.6 is 0 Å². The molecule has 0 aliphatic rings. The Bertz CT molecular complexity index is 1260. The molecule has 3 aromatic rings. The number of Topliss-reactive ketones (excluding diaryl/α,β-unsaturated/α-hetero) is 1. The lowest BCUT2D eigenvalue weighted by atomic mass is 10.0. The van der Waals surface area contributed by atoms with Crippen LogP contribution in [0.4, 0.5) is 5.69 Å². The molecule has 7 nitrogen and oxygen atoms in total. The third-order valence-electron chi connectivity index (χ3n) is 5.64. The monoisotopic (exact) mass is 459 g/mol. The summed E-state index contributed by atoms with van der Waals surface area (Å²) in [7, 11) is 0. The molecule has 2 N–H and O–H groups in total. The SMILES string of the molecule is C#CCN(Cc1ccc2nc(C)[nH]c(=O)c2c1)c1ccc(C(=O)CCCCCCC(=O)O)cc1. The number of aryl methyl sites for hydroxylation is 1. The van der Waals surface area contributed by atoms with Gasteiger partial charge < -0.3 is 15.0 Å². The Labute approximate surface area is 198 Å². The maximum absolute atomic E-state index is 12.5. The van der Waals surface area contributed by atoms with Crippen LogP contribution in [0.3, 0.4) is 0 Å². The smallest absolute Gasteiger partial charge is 0.303 e. The number of carboxylic acid groups (broad SMARTS) is 1. The van der Waals surface area contributed by atoms with Crippen molar-refractivity contribution in [2.24, 2.45) is 0 Å². The molecule has 176 valence electrons. The van der Waals surface area contributed by atoms with E-state index in [0.717, 1.165) is 30.5 Å². The number of hydrogen-bond donors (Lipinski definition) is 2. The molecule has 0 amide bonds. The van der Waals surface area contributed by atoms with Crippen LogP contribution in [-0.2, 0) is 11.3 Å². The van der Waals surface area contributed by atoms with E-state index in [4.69, 9.17) is 11.5 Å². The Kier molecular flexibility index (Phi) is 8.58. The van der Waals surface area contributed by atoms with Crippen LogP contribution in [0.25, 0.3) is 10.9 Å². The molecule has 0 saturated carbocycles. The number of aromatic amines is 1. The maximum atomic E-state index is 12.5. The molecule has 1 aromatic heterocycles. The van der Waals surface area contributed by atoms with Crippen LogP contribution in [0.5, 0.6) is 0 Å². The molecule has 0 saturated heterocycles. The fraction of sp³-hybridized carbons (Fsp3) is 0.333. The van der Waals surface area contributed by atoms with E-state index in [9.17, 15) is 14.4 Å². The zero-order valence-electron chi connectivity index (χ0n) is 19.3. The van der Waals surface area contributed by atoms with Gasteiger partial charge in [-0.1, -0.05) is 24.8 Å². The number of aliphatic carboxylic acids is 1. The molecule has 0 aliphatic carbocycles. The third kappa shape index (κ3) is 6.79. The Morgan fingerprint density at radius 2 is 1.76 bits per heavy atom. The van der Waals surface area contributed by atoms with Crippen molar-refractivity contribution in [2.75, 3.05) is 11.4 Å². The highest BCUT2D eigenvalue weighted by molar-refractivity contribution is 5.96. The molecular formula is C27H29N3O4. The number of H-pyrrole nitrogens is 1. The molecule has 34 heavy (non-hydrogen) atoms. The first-order chi connectivity index (χ1) is 16.4. The van der Waals surface area contributed by atoms with E-state index >= 15 is 0 Å². The Hall–Kier alpha value is -3.92. The number of carboxylic acids is 1. The van der Waals surface area contributed by atoms with Gasteiger partial charge in [-0.2, -0.15) is 0 Å². The van der Waals surface area contributed by atoms with E-state index in [1.807, 2.05) is 47.4 Å². The van der Waals surface area contributed by atoms with Gasteiger partial charge in [-0.05, 0) is 61.7 Å². The minimum absolute atomic E-state index is 0.0739. The summed E-state index contributed by atoms with van der Waals surface area (Å²) in [4.78, 5) is 44.4.